The highest BCUT2D eigenvalue weighted by atomic mass is 35.5. The normalized spacial score (nSPS) is 16.9. The van der Waals surface area contributed by atoms with E-state index in [9.17, 15) is 9.59 Å². The Morgan fingerprint density at radius 2 is 1.66 bits per heavy atom. The fourth-order valence-electron chi connectivity index (χ4n) is 4.51. The Labute approximate surface area is 197 Å². The summed E-state index contributed by atoms with van der Waals surface area (Å²) in [6, 6.07) is 21.3. The van der Waals surface area contributed by atoms with E-state index >= 15 is 0 Å². The number of likely N-dealkylation sites (tertiary alicyclic amines) is 1. The lowest BCUT2D eigenvalue weighted by atomic mass is 9.87. The summed E-state index contributed by atoms with van der Waals surface area (Å²) in [5.74, 6) is -0.234. The van der Waals surface area contributed by atoms with Crippen LogP contribution in [0.25, 0.3) is 0 Å². The van der Waals surface area contributed by atoms with E-state index < -0.39 is 0 Å². The van der Waals surface area contributed by atoms with E-state index in [0.717, 1.165) is 46.8 Å². The second-order valence-electron chi connectivity index (χ2n) is 8.17. The van der Waals surface area contributed by atoms with Gasteiger partial charge in [0, 0.05) is 40.2 Å². The van der Waals surface area contributed by atoms with Crippen LogP contribution in [-0.4, -0.2) is 29.8 Å². The highest BCUT2D eigenvalue weighted by Crippen LogP contribution is 2.47. The number of amides is 2. The Bertz CT molecular complexity index is 1190. The highest BCUT2D eigenvalue weighted by Gasteiger charge is 2.29. The quantitative estimate of drug-likeness (QED) is 0.502. The number of nitrogens with zero attached hydrogens (tertiary/aromatic N) is 1. The third-order valence-electron chi connectivity index (χ3n) is 6.08. The molecule has 0 bridgehead atoms. The standard InChI is InChI=1S/C26H23ClN2O2S/c27-17-11-12-24-21(15-17)20(18-7-2-4-10-23(18)32-24)16-25(30)28-22-9-3-1-8-19(22)26(31)29-13-5-6-14-29/h1-4,7-12,15,20H,5-6,13-14,16H2,(H,28,30)/t20-/m1/s1. The first-order valence-electron chi connectivity index (χ1n) is 10.8. The van der Waals surface area contributed by atoms with Gasteiger partial charge >= 0.3 is 0 Å². The van der Waals surface area contributed by atoms with Crippen LogP contribution in [-0.2, 0) is 4.79 Å². The molecular weight excluding hydrogens is 440 g/mol. The van der Waals surface area contributed by atoms with Gasteiger partial charge in [0.05, 0.1) is 11.3 Å². The van der Waals surface area contributed by atoms with E-state index in [0.29, 0.717) is 16.3 Å². The van der Waals surface area contributed by atoms with Gasteiger partial charge in [0.2, 0.25) is 5.91 Å². The van der Waals surface area contributed by atoms with Crippen LogP contribution in [0, 0.1) is 0 Å². The zero-order valence-corrected chi connectivity index (χ0v) is 19.1. The summed E-state index contributed by atoms with van der Waals surface area (Å²) in [6.45, 7) is 1.55. The van der Waals surface area contributed by atoms with E-state index in [1.165, 1.54) is 0 Å². The van der Waals surface area contributed by atoms with E-state index in [-0.39, 0.29) is 24.2 Å². The second kappa shape index (κ2) is 9.00. The zero-order chi connectivity index (χ0) is 22.1. The van der Waals surface area contributed by atoms with Gasteiger partial charge in [0.1, 0.15) is 0 Å². The van der Waals surface area contributed by atoms with Gasteiger partial charge in [0.25, 0.3) is 5.91 Å². The molecule has 0 saturated carbocycles. The first kappa shape index (κ1) is 21.1. The molecule has 4 nitrogen and oxygen atoms in total. The maximum absolute atomic E-state index is 13.2. The van der Waals surface area contributed by atoms with Gasteiger partial charge in [-0.05, 0) is 60.4 Å². The van der Waals surface area contributed by atoms with Crippen molar-refractivity contribution in [3.8, 4) is 0 Å². The van der Waals surface area contributed by atoms with Gasteiger partial charge in [-0.1, -0.05) is 53.7 Å². The molecule has 5 rings (SSSR count). The van der Waals surface area contributed by atoms with Crippen LogP contribution in [0.15, 0.2) is 76.5 Å². The van der Waals surface area contributed by atoms with Crippen molar-refractivity contribution in [2.45, 2.75) is 35.0 Å². The van der Waals surface area contributed by atoms with Crippen molar-refractivity contribution in [2.75, 3.05) is 18.4 Å². The number of carbonyl (C=O) groups excluding carboxylic acids is 2. The summed E-state index contributed by atoms with van der Waals surface area (Å²) in [7, 11) is 0. The molecule has 162 valence electrons. The molecule has 1 atom stereocenters. The molecule has 2 heterocycles. The molecule has 2 aliphatic heterocycles. The third kappa shape index (κ3) is 4.15. The molecule has 6 heteroatoms. The number of rotatable bonds is 4. The van der Waals surface area contributed by atoms with Crippen molar-refractivity contribution in [3.05, 3.63) is 88.4 Å². The number of halogens is 1. The topological polar surface area (TPSA) is 49.4 Å². The van der Waals surface area contributed by atoms with Gasteiger partial charge < -0.3 is 10.2 Å². The van der Waals surface area contributed by atoms with E-state index in [1.807, 2.05) is 47.4 Å². The van der Waals surface area contributed by atoms with Gasteiger partial charge in [-0.2, -0.15) is 0 Å². The predicted molar refractivity (Wildman–Crippen MR) is 129 cm³/mol. The number of benzene rings is 3. The molecule has 0 spiro atoms. The Kier molecular flexibility index (Phi) is 5.94. The van der Waals surface area contributed by atoms with Crippen LogP contribution >= 0.6 is 23.4 Å². The van der Waals surface area contributed by atoms with Gasteiger partial charge in [0.15, 0.2) is 0 Å². The minimum absolute atomic E-state index is 0.0186. The first-order valence-corrected chi connectivity index (χ1v) is 12.0. The smallest absolute Gasteiger partial charge is 0.255 e. The van der Waals surface area contributed by atoms with E-state index in [1.54, 1.807) is 23.9 Å². The fraction of sp³-hybridized carbons (Fsp3) is 0.231. The molecule has 2 amide bonds. The first-order chi connectivity index (χ1) is 15.6. The maximum Gasteiger partial charge on any atom is 0.255 e. The van der Waals surface area contributed by atoms with Crippen molar-refractivity contribution < 1.29 is 9.59 Å². The largest absolute Gasteiger partial charge is 0.339 e. The highest BCUT2D eigenvalue weighted by molar-refractivity contribution is 7.99. The van der Waals surface area contributed by atoms with Gasteiger partial charge in [-0.3, -0.25) is 9.59 Å². The van der Waals surface area contributed by atoms with Crippen molar-refractivity contribution >= 4 is 40.9 Å². The summed E-state index contributed by atoms with van der Waals surface area (Å²) in [5, 5.41) is 3.67. The molecule has 32 heavy (non-hydrogen) atoms. The van der Waals surface area contributed by atoms with Gasteiger partial charge in [-0.25, -0.2) is 0 Å². The van der Waals surface area contributed by atoms with Crippen molar-refractivity contribution in [1.82, 2.24) is 4.90 Å². The Morgan fingerprint density at radius 1 is 0.938 bits per heavy atom. The average molecular weight is 463 g/mol. The van der Waals surface area contributed by atoms with Crippen LogP contribution in [0.2, 0.25) is 5.02 Å². The SMILES string of the molecule is O=C(C[C@@H]1c2ccccc2Sc2ccc(Cl)cc21)Nc1ccccc1C(=O)N1CCCC1. The minimum Gasteiger partial charge on any atom is -0.339 e. The van der Waals surface area contributed by atoms with Crippen LogP contribution in [0.1, 0.15) is 46.7 Å². The molecule has 0 aliphatic carbocycles. The molecule has 1 fully saturated rings. The Hall–Kier alpha value is -2.76. The summed E-state index contributed by atoms with van der Waals surface area (Å²) in [5.41, 5.74) is 3.31. The molecular formula is C26H23ClN2O2S. The monoisotopic (exact) mass is 462 g/mol. The molecule has 0 radical (unpaired) electrons. The molecule has 3 aromatic carbocycles. The molecule has 1 saturated heterocycles. The number of nitrogens with one attached hydrogen (secondary N) is 1. The van der Waals surface area contributed by atoms with Crippen LogP contribution in [0.4, 0.5) is 5.69 Å². The summed E-state index contributed by atoms with van der Waals surface area (Å²) in [6.07, 6.45) is 2.33. The van der Waals surface area contributed by atoms with Crippen LogP contribution in [0.5, 0.6) is 0 Å². The molecule has 3 aromatic rings. The molecule has 2 aliphatic rings. The lowest BCUT2D eigenvalue weighted by molar-refractivity contribution is -0.116. The number of para-hydroxylation sites is 1. The molecule has 1 N–H and O–H groups in total. The van der Waals surface area contributed by atoms with Crippen molar-refractivity contribution in [3.63, 3.8) is 0 Å². The Morgan fingerprint density at radius 3 is 2.50 bits per heavy atom. The predicted octanol–water partition coefficient (Wildman–Crippen LogP) is 6.20. The van der Waals surface area contributed by atoms with E-state index in [2.05, 4.69) is 17.4 Å². The number of hydrogen-bond donors (Lipinski definition) is 1. The lowest BCUT2D eigenvalue weighted by Crippen LogP contribution is -2.29. The number of carbonyl (C=O) groups is 2. The number of anilines is 1. The zero-order valence-electron chi connectivity index (χ0n) is 17.5. The summed E-state index contributed by atoms with van der Waals surface area (Å²) >= 11 is 8.01. The van der Waals surface area contributed by atoms with Crippen LogP contribution in [0.3, 0.4) is 0 Å². The van der Waals surface area contributed by atoms with Crippen molar-refractivity contribution in [1.29, 1.82) is 0 Å². The molecule has 0 aromatic heterocycles. The maximum atomic E-state index is 13.2. The fourth-order valence-corrected chi connectivity index (χ4v) is 5.85. The average Bonchev–Trinajstić information content (AvgIpc) is 3.34. The minimum atomic E-state index is -0.121. The molecule has 0 unspecified atom stereocenters. The van der Waals surface area contributed by atoms with Crippen LogP contribution < -0.4 is 5.32 Å². The second-order valence-corrected chi connectivity index (χ2v) is 9.69. The summed E-state index contributed by atoms with van der Waals surface area (Å²) in [4.78, 5) is 30.3. The number of hydrogen-bond acceptors (Lipinski definition) is 3. The number of fused-ring (bicyclic) bond motifs is 2. The van der Waals surface area contributed by atoms with E-state index in [4.69, 9.17) is 11.6 Å². The van der Waals surface area contributed by atoms with Crippen molar-refractivity contribution in [2.24, 2.45) is 0 Å². The summed E-state index contributed by atoms with van der Waals surface area (Å²) < 4.78 is 0. The van der Waals surface area contributed by atoms with Gasteiger partial charge in [-0.15, -0.1) is 0 Å². The Balaban J connectivity index is 1.41. The third-order valence-corrected chi connectivity index (χ3v) is 7.49. The lowest BCUT2D eigenvalue weighted by Gasteiger charge is -2.28.